The Kier molecular flexibility index (Phi) is 8.05. The number of carbonyl (C=O) groups is 2. The molecule has 218 valence electrons. The van der Waals surface area contributed by atoms with Gasteiger partial charge in [-0.2, -0.15) is 0 Å². The van der Waals surface area contributed by atoms with Crippen LogP contribution < -0.4 is 20.9 Å². The third-order valence-electron chi connectivity index (χ3n) is 7.79. The van der Waals surface area contributed by atoms with E-state index in [4.69, 9.17) is 11.6 Å². The molecule has 1 fully saturated rings. The molecule has 2 heterocycles. The van der Waals surface area contributed by atoms with Crippen molar-refractivity contribution in [3.05, 3.63) is 113 Å². The highest BCUT2D eigenvalue weighted by atomic mass is 35.5. The van der Waals surface area contributed by atoms with Gasteiger partial charge in [0.15, 0.2) is 0 Å². The first-order chi connectivity index (χ1) is 20.8. The van der Waals surface area contributed by atoms with Gasteiger partial charge in [-0.15, -0.1) is 0 Å². The Bertz CT molecular complexity index is 1770. The van der Waals surface area contributed by atoms with E-state index in [1.807, 2.05) is 96.5 Å². The number of nitrogens with zero attached hydrogens (tertiary/aromatic N) is 2. The van der Waals surface area contributed by atoms with Gasteiger partial charge in [0, 0.05) is 59.4 Å². The number of aryl methyl sites for hydroxylation is 1. The van der Waals surface area contributed by atoms with Gasteiger partial charge in [-0.05, 0) is 91.7 Å². The van der Waals surface area contributed by atoms with Gasteiger partial charge in [0.1, 0.15) is 5.69 Å². The molecule has 6 rings (SSSR count). The second-order valence-corrected chi connectivity index (χ2v) is 11.1. The van der Waals surface area contributed by atoms with Crippen LogP contribution in [0.2, 0.25) is 5.02 Å². The molecule has 1 aliphatic rings. The average molecular weight is 594 g/mol. The molecule has 2 amide bonds. The Morgan fingerprint density at radius 1 is 0.791 bits per heavy atom. The van der Waals surface area contributed by atoms with Crippen LogP contribution in [-0.2, 0) is 7.05 Å². The van der Waals surface area contributed by atoms with E-state index >= 15 is 0 Å². The number of aliphatic hydroxyl groups is 1. The van der Waals surface area contributed by atoms with E-state index in [-0.39, 0.29) is 17.9 Å². The molecule has 0 atom stereocenters. The molecule has 1 saturated heterocycles. The second kappa shape index (κ2) is 12.2. The molecular weight excluding hydrogens is 562 g/mol. The maximum absolute atomic E-state index is 13.0. The summed E-state index contributed by atoms with van der Waals surface area (Å²) < 4.78 is 1.87. The number of piperidine rings is 1. The number of amides is 2. The summed E-state index contributed by atoms with van der Waals surface area (Å²) in [6.07, 6.45) is 1.30. The van der Waals surface area contributed by atoms with Crippen LogP contribution >= 0.6 is 11.6 Å². The topological polar surface area (TPSA) is 98.6 Å². The smallest absolute Gasteiger partial charge is 0.272 e. The Labute approximate surface area is 254 Å². The highest BCUT2D eigenvalue weighted by molar-refractivity contribution is 6.33. The van der Waals surface area contributed by atoms with Crippen LogP contribution in [0.1, 0.15) is 33.7 Å². The van der Waals surface area contributed by atoms with Crippen LogP contribution in [0.15, 0.2) is 97.1 Å². The van der Waals surface area contributed by atoms with E-state index in [1.165, 1.54) is 0 Å². The Morgan fingerprint density at radius 2 is 1.44 bits per heavy atom. The van der Waals surface area contributed by atoms with Crippen molar-refractivity contribution < 1.29 is 14.7 Å². The number of aromatic nitrogens is 1. The third-order valence-corrected chi connectivity index (χ3v) is 8.10. The van der Waals surface area contributed by atoms with Crippen LogP contribution in [0, 0.1) is 0 Å². The molecular formula is C34H32ClN5O3. The number of fused-ring (bicyclic) bond motifs is 1. The molecule has 0 aliphatic carbocycles. The largest absolute Gasteiger partial charge is 0.393 e. The van der Waals surface area contributed by atoms with Crippen molar-refractivity contribution >= 4 is 62.8 Å². The number of aliphatic hydroxyl groups excluding tert-OH is 1. The fourth-order valence-electron chi connectivity index (χ4n) is 5.34. The Hall–Kier alpha value is -4.79. The fourth-order valence-corrected chi connectivity index (χ4v) is 5.57. The van der Waals surface area contributed by atoms with Gasteiger partial charge in [-0.25, -0.2) is 0 Å². The van der Waals surface area contributed by atoms with Crippen LogP contribution in [0.4, 0.5) is 28.4 Å². The zero-order valence-corrected chi connectivity index (χ0v) is 24.4. The number of nitrogens with one attached hydrogen (secondary N) is 3. The standard InChI is InChI=1S/C34H32ClN5O3/c1-39-31-5-3-2-4-23(31)20-32(39)34(43)38-26-12-15-30(29(35)21-26)36-24-8-10-25(11-9-24)37-33(42)22-6-13-27(14-7-22)40-18-16-28(41)17-19-40/h2-15,20-21,28,36,41H,16-19H2,1H3,(H,37,42)(H,38,43). The van der Waals surface area contributed by atoms with E-state index in [0.29, 0.717) is 33.3 Å². The first-order valence-electron chi connectivity index (χ1n) is 14.2. The number of anilines is 5. The molecule has 4 N–H and O–H groups in total. The zero-order chi connectivity index (χ0) is 29.9. The minimum Gasteiger partial charge on any atom is -0.393 e. The quantitative estimate of drug-likeness (QED) is 0.162. The van der Waals surface area contributed by atoms with Crippen molar-refractivity contribution in [2.24, 2.45) is 7.05 Å². The maximum Gasteiger partial charge on any atom is 0.272 e. The lowest BCUT2D eigenvalue weighted by Crippen LogP contribution is -2.35. The lowest BCUT2D eigenvalue weighted by molar-refractivity contribution is 0.101. The SMILES string of the molecule is Cn1c(C(=O)Nc2ccc(Nc3ccc(NC(=O)c4ccc(N5CCC(O)CC5)cc4)cc3)c(Cl)c2)cc2ccccc21. The van der Waals surface area contributed by atoms with Gasteiger partial charge in [-0.1, -0.05) is 29.8 Å². The number of rotatable bonds is 7. The molecule has 8 nitrogen and oxygen atoms in total. The lowest BCUT2D eigenvalue weighted by atomic mass is 10.1. The molecule has 43 heavy (non-hydrogen) atoms. The molecule has 1 aliphatic heterocycles. The molecule has 0 radical (unpaired) electrons. The van der Waals surface area contributed by atoms with E-state index in [1.54, 1.807) is 12.1 Å². The Balaban J connectivity index is 1.05. The first-order valence-corrected chi connectivity index (χ1v) is 14.6. The minimum absolute atomic E-state index is 0.189. The lowest BCUT2D eigenvalue weighted by Gasteiger charge is -2.31. The van der Waals surface area contributed by atoms with Crippen molar-refractivity contribution in [3.8, 4) is 0 Å². The summed E-state index contributed by atoms with van der Waals surface area (Å²) in [6.45, 7) is 1.62. The van der Waals surface area contributed by atoms with E-state index < -0.39 is 0 Å². The van der Waals surface area contributed by atoms with E-state index in [0.717, 1.165) is 48.2 Å². The Morgan fingerprint density at radius 3 is 2.14 bits per heavy atom. The molecule has 0 saturated carbocycles. The van der Waals surface area contributed by atoms with Crippen molar-refractivity contribution in [2.45, 2.75) is 18.9 Å². The van der Waals surface area contributed by atoms with Gasteiger partial charge in [0.25, 0.3) is 11.8 Å². The fraction of sp³-hybridized carbons (Fsp3) is 0.176. The summed E-state index contributed by atoms with van der Waals surface area (Å²) in [5, 5.41) is 20.3. The summed E-state index contributed by atoms with van der Waals surface area (Å²) in [4.78, 5) is 28.0. The normalized spacial score (nSPS) is 13.6. The molecule has 0 bridgehead atoms. The molecule has 0 unspecified atom stereocenters. The minimum atomic E-state index is -0.221. The van der Waals surface area contributed by atoms with Gasteiger partial charge in [0.05, 0.1) is 16.8 Å². The van der Waals surface area contributed by atoms with Crippen molar-refractivity contribution in [2.75, 3.05) is 33.9 Å². The van der Waals surface area contributed by atoms with Crippen LogP contribution in [-0.4, -0.2) is 40.7 Å². The van der Waals surface area contributed by atoms with Crippen LogP contribution in [0.25, 0.3) is 10.9 Å². The van der Waals surface area contributed by atoms with Crippen molar-refractivity contribution in [1.29, 1.82) is 0 Å². The number of benzene rings is 4. The first kappa shape index (κ1) is 28.3. The second-order valence-electron chi connectivity index (χ2n) is 10.7. The van der Waals surface area contributed by atoms with E-state index in [9.17, 15) is 14.7 Å². The van der Waals surface area contributed by atoms with Gasteiger partial charge in [-0.3, -0.25) is 9.59 Å². The summed E-state index contributed by atoms with van der Waals surface area (Å²) in [7, 11) is 1.87. The monoisotopic (exact) mass is 593 g/mol. The molecule has 4 aromatic carbocycles. The van der Waals surface area contributed by atoms with Crippen LogP contribution in [0.5, 0.6) is 0 Å². The van der Waals surface area contributed by atoms with Crippen molar-refractivity contribution in [1.82, 2.24) is 4.57 Å². The molecule has 5 aromatic rings. The van der Waals surface area contributed by atoms with Gasteiger partial charge < -0.3 is 30.5 Å². The number of hydrogen-bond donors (Lipinski definition) is 4. The maximum atomic E-state index is 13.0. The number of para-hydroxylation sites is 1. The average Bonchev–Trinajstić information content (AvgIpc) is 3.36. The summed E-state index contributed by atoms with van der Waals surface area (Å²) in [6, 6.07) is 29.9. The third kappa shape index (κ3) is 6.35. The molecule has 1 aromatic heterocycles. The molecule has 0 spiro atoms. The summed E-state index contributed by atoms with van der Waals surface area (Å²) in [5.41, 5.74) is 5.91. The highest BCUT2D eigenvalue weighted by Crippen LogP contribution is 2.30. The zero-order valence-electron chi connectivity index (χ0n) is 23.7. The number of halogens is 1. The number of hydrogen-bond acceptors (Lipinski definition) is 5. The predicted octanol–water partition coefficient (Wildman–Crippen LogP) is 7.04. The summed E-state index contributed by atoms with van der Waals surface area (Å²) >= 11 is 6.55. The van der Waals surface area contributed by atoms with Gasteiger partial charge in [0.2, 0.25) is 0 Å². The van der Waals surface area contributed by atoms with Crippen LogP contribution in [0.3, 0.4) is 0 Å². The number of carbonyl (C=O) groups excluding carboxylic acids is 2. The van der Waals surface area contributed by atoms with Crippen molar-refractivity contribution in [3.63, 3.8) is 0 Å². The highest BCUT2D eigenvalue weighted by Gasteiger charge is 2.18. The summed E-state index contributed by atoms with van der Waals surface area (Å²) in [5.74, 6) is -0.405. The van der Waals surface area contributed by atoms with E-state index in [2.05, 4.69) is 20.9 Å². The predicted molar refractivity (Wildman–Crippen MR) is 174 cm³/mol. The molecule has 9 heteroatoms. The van der Waals surface area contributed by atoms with Gasteiger partial charge >= 0.3 is 0 Å².